The second-order valence-corrected chi connectivity index (χ2v) is 3.26. The summed E-state index contributed by atoms with van der Waals surface area (Å²) >= 11 is 0. The molecule has 0 aromatic heterocycles. The molecule has 0 aliphatic carbocycles. The molecule has 0 bridgehead atoms. The lowest BCUT2D eigenvalue weighted by atomic mass is 10.0. The van der Waals surface area contributed by atoms with Crippen molar-refractivity contribution in [2.24, 2.45) is 5.73 Å². The van der Waals surface area contributed by atoms with Crippen molar-refractivity contribution in [3.05, 3.63) is 35.1 Å². The molecule has 0 saturated carbocycles. The Bertz CT molecular complexity index is 303. The zero-order chi connectivity index (χ0) is 10.8. The Morgan fingerprint density at radius 1 is 1.29 bits per heavy atom. The third-order valence-corrected chi connectivity index (χ3v) is 1.92. The van der Waals surface area contributed by atoms with Gasteiger partial charge in [-0.15, -0.1) is 0 Å². The van der Waals surface area contributed by atoms with E-state index in [1.165, 1.54) is 12.1 Å². The number of alkyl halides is 2. The molecular formula is C10H12F3N. The second-order valence-electron chi connectivity index (χ2n) is 3.26. The topological polar surface area (TPSA) is 26.0 Å². The van der Waals surface area contributed by atoms with Gasteiger partial charge < -0.3 is 5.73 Å². The summed E-state index contributed by atoms with van der Waals surface area (Å²) in [5.74, 6) is -3.68. The summed E-state index contributed by atoms with van der Waals surface area (Å²) in [5, 5.41) is 0. The van der Waals surface area contributed by atoms with Gasteiger partial charge in [0.25, 0.3) is 5.92 Å². The maximum absolute atomic E-state index is 13.3. The third kappa shape index (κ3) is 2.48. The normalized spacial score (nSPS) is 11.8. The summed E-state index contributed by atoms with van der Waals surface area (Å²) in [6, 6.07) is 3.34. The van der Waals surface area contributed by atoms with Gasteiger partial charge in [-0.3, -0.25) is 0 Å². The van der Waals surface area contributed by atoms with E-state index in [4.69, 9.17) is 5.73 Å². The molecule has 4 heteroatoms. The van der Waals surface area contributed by atoms with Crippen LogP contribution in [0.3, 0.4) is 0 Å². The van der Waals surface area contributed by atoms with Gasteiger partial charge >= 0.3 is 0 Å². The van der Waals surface area contributed by atoms with Crippen molar-refractivity contribution in [3.8, 4) is 0 Å². The fourth-order valence-electron chi connectivity index (χ4n) is 1.27. The zero-order valence-corrected chi connectivity index (χ0v) is 7.86. The number of benzene rings is 1. The molecule has 0 heterocycles. The highest BCUT2D eigenvalue weighted by Crippen LogP contribution is 2.31. The lowest BCUT2D eigenvalue weighted by molar-refractivity contribution is -0.0110. The Kier molecular flexibility index (Phi) is 3.16. The van der Waals surface area contributed by atoms with Crippen LogP contribution in [-0.4, -0.2) is 6.54 Å². The van der Waals surface area contributed by atoms with Gasteiger partial charge in [0.2, 0.25) is 0 Å². The molecule has 0 unspecified atom stereocenters. The molecule has 0 spiro atoms. The first-order valence-corrected chi connectivity index (χ1v) is 4.31. The van der Waals surface area contributed by atoms with Gasteiger partial charge in [-0.25, -0.2) is 13.2 Å². The maximum Gasteiger partial charge on any atom is 0.274 e. The third-order valence-electron chi connectivity index (χ3n) is 1.92. The molecule has 1 aromatic carbocycles. The fraction of sp³-hybridized carbons (Fsp3) is 0.400. The van der Waals surface area contributed by atoms with Crippen molar-refractivity contribution in [1.82, 2.24) is 0 Å². The molecule has 0 aliphatic heterocycles. The van der Waals surface area contributed by atoms with E-state index in [0.29, 0.717) is 5.56 Å². The van der Waals surface area contributed by atoms with E-state index in [2.05, 4.69) is 0 Å². The van der Waals surface area contributed by atoms with Crippen molar-refractivity contribution >= 4 is 0 Å². The van der Waals surface area contributed by atoms with Crippen molar-refractivity contribution < 1.29 is 13.2 Å². The number of hydrogen-bond donors (Lipinski definition) is 1. The van der Waals surface area contributed by atoms with Gasteiger partial charge in [-0.2, -0.15) is 0 Å². The van der Waals surface area contributed by atoms with Gasteiger partial charge in [0.15, 0.2) is 0 Å². The number of nitrogens with two attached hydrogens (primary N) is 1. The van der Waals surface area contributed by atoms with E-state index >= 15 is 0 Å². The average Bonchev–Trinajstić information content (AvgIpc) is 2.02. The zero-order valence-electron chi connectivity index (χ0n) is 7.86. The highest BCUT2D eigenvalue weighted by atomic mass is 19.3. The fourth-order valence-corrected chi connectivity index (χ4v) is 1.27. The van der Waals surface area contributed by atoms with Crippen LogP contribution < -0.4 is 5.73 Å². The predicted octanol–water partition coefficient (Wildman–Crippen LogP) is 2.57. The van der Waals surface area contributed by atoms with E-state index in [0.717, 1.165) is 6.07 Å². The molecule has 1 nitrogen and oxygen atoms in total. The van der Waals surface area contributed by atoms with Gasteiger partial charge in [0, 0.05) is 12.0 Å². The minimum Gasteiger partial charge on any atom is -0.330 e. The molecule has 78 valence electrons. The van der Waals surface area contributed by atoms with Crippen LogP contribution in [-0.2, 0) is 5.92 Å². The first-order valence-electron chi connectivity index (χ1n) is 4.31. The molecule has 0 saturated heterocycles. The Hall–Kier alpha value is -1.03. The van der Waals surface area contributed by atoms with E-state index in [1.807, 2.05) is 0 Å². The van der Waals surface area contributed by atoms with Crippen molar-refractivity contribution in [1.29, 1.82) is 0 Å². The Balaban J connectivity index is 3.05. The van der Waals surface area contributed by atoms with Gasteiger partial charge in [-0.1, -0.05) is 0 Å². The monoisotopic (exact) mass is 203 g/mol. The number of halogens is 3. The first kappa shape index (κ1) is 11.0. The van der Waals surface area contributed by atoms with Crippen LogP contribution in [0.4, 0.5) is 13.2 Å². The Morgan fingerprint density at radius 2 is 1.93 bits per heavy atom. The van der Waals surface area contributed by atoms with Crippen LogP contribution in [0, 0.1) is 12.7 Å². The quantitative estimate of drug-likeness (QED) is 0.802. The molecule has 1 aromatic rings. The summed E-state index contributed by atoms with van der Waals surface area (Å²) in [6.45, 7) is 1.45. The van der Waals surface area contributed by atoms with Crippen molar-refractivity contribution in [2.75, 3.05) is 6.54 Å². The van der Waals surface area contributed by atoms with E-state index in [-0.39, 0.29) is 12.1 Å². The summed E-state index contributed by atoms with van der Waals surface area (Å²) in [7, 11) is 0. The van der Waals surface area contributed by atoms with Crippen LogP contribution in [0.2, 0.25) is 0 Å². The van der Waals surface area contributed by atoms with E-state index in [1.54, 1.807) is 6.92 Å². The maximum atomic E-state index is 13.3. The minimum absolute atomic E-state index is 0.122. The highest BCUT2D eigenvalue weighted by Gasteiger charge is 2.30. The molecule has 1 rings (SSSR count). The molecule has 0 amide bonds. The number of hydrogen-bond acceptors (Lipinski definition) is 1. The standard InChI is InChI=1S/C10H12F3N/c1-7-4-8(6-9(11)5-7)10(12,13)2-3-14/h4-6H,2-3,14H2,1H3. The summed E-state index contributed by atoms with van der Waals surface area (Å²) in [4.78, 5) is 0. The van der Waals surface area contributed by atoms with Crippen LogP contribution in [0.15, 0.2) is 18.2 Å². The van der Waals surface area contributed by atoms with Gasteiger partial charge in [-0.05, 0) is 37.2 Å². The predicted molar refractivity (Wildman–Crippen MR) is 48.7 cm³/mol. The Morgan fingerprint density at radius 3 is 2.43 bits per heavy atom. The lowest BCUT2D eigenvalue weighted by Crippen LogP contribution is -2.19. The SMILES string of the molecule is Cc1cc(F)cc(C(F)(F)CCN)c1. The van der Waals surface area contributed by atoms with E-state index in [9.17, 15) is 13.2 Å². The van der Waals surface area contributed by atoms with Crippen LogP contribution in [0.5, 0.6) is 0 Å². The summed E-state index contributed by atoms with van der Waals surface area (Å²) < 4.78 is 39.4. The molecule has 14 heavy (non-hydrogen) atoms. The smallest absolute Gasteiger partial charge is 0.274 e. The first-order chi connectivity index (χ1) is 6.45. The molecular weight excluding hydrogens is 191 g/mol. The highest BCUT2D eigenvalue weighted by molar-refractivity contribution is 5.27. The number of aryl methyl sites for hydroxylation is 1. The largest absolute Gasteiger partial charge is 0.330 e. The summed E-state index contributed by atoms with van der Waals surface area (Å²) in [6.07, 6.45) is -0.462. The van der Waals surface area contributed by atoms with Crippen LogP contribution >= 0.6 is 0 Å². The summed E-state index contributed by atoms with van der Waals surface area (Å²) in [5.41, 5.74) is 5.23. The minimum atomic E-state index is -3.04. The molecule has 2 N–H and O–H groups in total. The molecule has 0 aliphatic rings. The molecule has 0 radical (unpaired) electrons. The van der Waals surface area contributed by atoms with Gasteiger partial charge in [0.1, 0.15) is 5.82 Å². The number of rotatable bonds is 3. The Labute approximate surface area is 80.7 Å². The van der Waals surface area contributed by atoms with Gasteiger partial charge in [0.05, 0.1) is 0 Å². The second kappa shape index (κ2) is 4.00. The van der Waals surface area contributed by atoms with Crippen molar-refractivity contribution in [2.45, 2.75) is 19.3 Å². The van der Waals surface area contributed by atoms with E-state index < -0.39 is 18.2 Å². The molecule has 0 fully saturated rings. The van der Waals surface area contributed by atoms with Crippen LogP contribution in [0.1, 0.15) is 17.5 Å². The van der Waals surface area contributed by atoms with Crippen molar-refractivity contribution in [3.63, 3.8) is 0 Å². The lowest BCUT2D eigenvalue weighted by Gasteiger charge is -2.16. The molecule has 0 atom stereocenters. The van der Waals surface area contributed by atoms with Crippen LogP contribution in [0.25, 0.3) is 0 Å². The average molecular weight is 203 g/mol.